The third-order valence-electron chi connectivity index (χ3n) is 8.64. The third kappa shape index (κ3) is 8.64. The van der Waals surface area contributed by atoms with Crippen molar-refractivity contribution in [2.75, 3.05) is 38.0 Å². The van der Waals surface area contributed by atoms with Gasteiger partial charge < -0.3 is 35.2 Å². The molecule has 2 atom stereocenters. The van der Waals surface area contributed by atoms with Crippen molar-refractivity contribution in [3.8, 4) is 17.1 Å². The van der Waals surface area contributed by atoms with Gasteiger partial charge in [0.25, 0.3) is 24.0 Å². The number of carboxylic acid groups (broad SMARTS) is 1. The Morgan fingerprint density at radius 1 is 1.09 bits per heavy atom. The molecular weight excluding hydrogens is 745 g/mol. The summed E-state index contributed by atoms with van der Waals surface area (Å²) in [6.45, 7) is 1.48. The highest BCUT2D eigenvalue weighted by Gasteiger charge is 2.39. The SMILES string of the molecule is Cn1c(-c2cn(-c3ccc([N+](=O)[O-])cn3)nc2C(F)(F)F)cnc1C(=O)Nc1ccc(C(=O)N2CCN(C(=O)[C@@H]3CC(O)CCN3)CC2)c(Cl)c1.O=CO. The molecule has 2 saturated heterocycles. The van der Waals surface area contributed by atoms with E-state index in [1.54, 1.807) is 9.80 Å². The molecule has 18 nitrogen and oxygen atoms in total. The second kappa shape index (κ2) is 16.4. The van der Waals surface area contributed by atoms with Crippen molar-refractivity contribution in [1.82, 2.24) is 39.4 Å². The lowest BCUT2D eigenvalue weighted by Gasteiger charge is -2.38. The van der Waals surface area contributed by atoms with Crippen LogP contribution in [0.25, 0.3) is 17.1 Å². The molecule has 0 aliphatic carbocycles. The number of hydrogen-bond donors (Lipinski definition) is 4. The van der Waals surface area contributed by atoms with E-state index in [1.807, 2.05) is 0 Å². The summed E-state index contributed by atoms with van der Waals surface area (Å²) in [4.78, 5) is 69.0. The van der Waals surface area contributed by atoms with Crippen LogP contribution < -0.4 is 10.6 Å². The zero-order valence-electron chi connectivity index (χ0n) is 28.2. The highest BCUT2D eigenvalue weighted by Crippen LogP contribution is 2.37. The lowest BCUT2D eigenvalue weighted by Crippen LogP contribution is -2.57. The molecule has 2 aliphatic heterocycles. The number of pyridine rings is 1. The fraction of sp³-hybridized carbons (Fsp3) is 0.344. The minimum absolute atomic E-state index is 0.0410. The number of aliphatic hydroxyl groups excluding tert-OH is 1. The number of imidazole rings is 1. The second-order valence-electron chi connectivity index (χ2n) is 12.0. The minimum Gasteiger partial charge on any atom is -0.483 e. The van der Waals surface area contributed by atoms with E-state index in [4.69, 9.17) is 21.5 Å². The standard InChI is InChI=1S/C31H30ClF3N10O6.CH2O2/c1-41-24(21-16-44(40-26(21)31(33,34)35)25-5-3-18(14-37-25)45(50)51)15-38-27(41)28(47)39-17-2-4-20(22(32)12-17)29(48)42-8-10-43(11-9-42)30(49)23-13-19(46)6-7-36-23;2-1-3/h2-5,12,14-16,19,23,36,46H,6-11,13H2,1H3,(H,39,47);1H,(H,2,3)/t19?,23-;/m0./s1. The van der Waals surface area contributed by atoms with E-state index in [9.17, 15) is 42.8 Å². The minimum atomic E-state index is -4.91. The van der Waals surface area contributed by atoms with Gasteiger partial charge in [0.15, 0.2) is 17.3 Å². The van der Waals surface area contributed by atoms with Crippen molar-refractivity contribution in [2.45, 2.75) is 31.2 Å². The summed E-state index contributed by atoms with van der Waals surface area (Å²) in [5, 5.41) is 37.1. The smallest absolute Gasteiger partial charge is 0.435 e. The van der Waals surface area contributed by atoms with Gasteiger partial charge in [-0.1, -0.05) is 11.6 Å². The summed E-state index contributed by atoms with van der Waals surface area (Å²) >= 11 is 6.45. The molecule has 1 aromatic carbocycles. The van der Waals surface area contributed by atoms with E-state index in [2.05, 4.69) is 25.7 Å². The van der Waals surface area contributed by atoms with Crippen LogP contribution in [0.1, 0.15) is 39.5 Å². The molecule has 6 rings (SSSR count). The molecule has 22 heteroatoms. The van der Waals surface area contributed by atoms with Crippen LogP contribution in [0.5, 0.6) is 0 Å². The molecule has 4 aromatic rings. The molecule has 54 heavy (non-hydrogen) atoms. The average Bonchev–Trinajstić information content (AvgIpc) is 3.76. The van der Waals surface area contributed by atoms with Gasteiger partial charge in [-0.3, -0.25) is 29.3 Å². The van der Waals surface area contributed by atoms with E-state index in [1.165, 1.54) is 25.2 Å². The summed E-state index contributed by atoms with van der Waals surface area (Å²) in [5.41, 5.74) is -1.81. The lowest BCUT2D eigenvalue weighted by molar-refractivity contribution is -0.385. The monoisotopic (exact) mass is 776 g/mol. The number of carbonyl (C=O) groups is 4. The van der Waals surface area contributed by atoms with Crippen LogP contribution in [0.15, 0.2) is 48.9 Å². The van der Waals surface area contributed by atoms with Gasteiger partial charge in [-0.05, 0) is 43.7 Å². The molecule has 5 heterocycles. The van der Waals surface area contributed by atoms with E-state index in [0.717, 1.165) is 40.0 Å². The van der Waals surface area contributed by atoms with Crippen LogP contribution in [-0.2, 0) is 22.8 Å². The van der Waals surface area contributed by atoms with Gasteiger partial charge in [-0.25, -0.2) is 14.6 Å². The van der Waals surface area contributed by atoms with Crippen molar-refractivity contribution < 1.29 is 47.5 Å². The van der Waals surface area contributed by atoms with Crippen LogP contribution in [0, 0.1) is 10.1 Å². The first-order chi connectivity index (χ1) is 25.6. The number of hydrogen-bond acceptors (Lipinski definition) is 11. The quantitative estimate of drug-likeness (QED) is 0.121. The number of carbonyl (C=O) groups excluding carboxylic acids is 3. The normalized spacial score (nSPS) is 17.3. The predicted molar refractivity (Wildman–Crippen MR) is 183 cm³/mol. The van der Waals surface area contributed by atoms with Crippen LogP contribution in [0.2, 0.25) is 5.02 Å². The van der Waals surface area contributed by atoms with E-state index in [-0.39, 0.29) is 70.7 Å². The maximum atomic E-state index is 14.0. The third-order valence-corrected chi connectivity index (χ3v) is 8.95. The zero-order valence-corrected chi connectivity index (χ0v) is 29.0. The first kappa shape index (κ1) is 39.3. The Morgan fingerprint density at radius 2 is 1.78 bits per heavy atom. The first-order valence-corrected chi connectivity index (χ1v) is 16.5. The van der Waals surface area contributed by atoms with Crippen LogP contribution >= 0.6 is 11.6 Å². The van der Waals surface area contributed by atoms with Crippen LogP contribution in [0.4, 0.5) is 24.5 Å². The number of alkyl halides is 3. The number of nitrogens with zero attached hydrogens (tertiary/aromatic N) is 8. The van der Waals surface area contributed by atoms with Crippen molar-refractivity contribution in [1.29, 1.82) is 0 Å². The highest BCUT2D eigenvalue weighted by atomic mass is 35.5. The topological polar surface area (TPSA) is 231 Å². The second-order valence-corrected chi connectivity index (χ2v) is 12.5. The Kier molecular flexibility index (Phi) is 11.9. The maximum Gasteiger partial charge on any atom is 0.435 e. The van der Waals surface area contributed by atoms with Crippen molar-refractivity contribution in [3.05, 3.63) is 81.1 Å². The first-order valence-electron chi connectivity index (χ1n) is 16.1. The summed E-state index contributed by atoms with van der Waals surface area (Å²) < 4.78 is 44.1. The van der Waals surface area contributed by atoms with Gasteiger partial charge in [0.05, 0.1) is 45.1 Å². The van der Waals surface area contributed by atoms with Gasteiger partial charge in [0.2, 0.25) is 5.91 Å². The average molecular weight is 777 g/mol. The number of rotatable bonds is 7. The predicted octanol–water partition coefficient (Wildman–Crippen LogP) is 2.60. The van der Waals surface area contributed by atoms with Gasteiger partial charge in [-0.15, -0.1) is 0 Å². The Morgan fingerprint density at radius 3 is 2.37 bits per heavy atom. The van der Waals surface area contributed by atoms with E-state index < -0.39 is 40.4 Å². The van der Waals surface area contributed by atoms with Crippen molar-refractivity contribution in [3.63, 3.8) is 0 Å². The summed E-state index contributed by atoms with van der Waals surface area (Å²) in [6, 6.07) is 6.00. The molecule has 0 bridgehead atoms. The number of aromatic nitrogens is 5. The maximum absolute atomic E-state index is 14.0. The molecule has 0 saturated carbocycles. The van der Waals surface area contributed by atoms with Crippen LogP contribution in [-0.4, -0.2) is 118 Å². The number of nitro groups is 1. The number of anilines is 1. The molecule has 4 N–H and O–H groups in total. The Balaban J connectivity index is 0.00000181. The number of piperazine rings is 1. The zero-order chi connectivity index (χ0) is 39.3. The van der Waals surface area contributed by atoms with Gasteiger partial charge in [0, 0.05) is 51.2 Å². The van der Waals surface area contributed by atoms with Gasteiger partial charge in [0.1, 0.15) is 6.20 Å². The fourth-order valence-corrected chi connectivity index (χ4v) is 6.20. The van der Waals surface area contributed by atoms with E-state index >= 15 is 0 Å². The fourth-order valence-electron chi connectivity index (χ4n) is 5.94. The van der Waals surface area contributed by atoms with Crippen molar-refractivity contribution in [2.24, 2.45) is 7.05 Å². The lowest BCUT2D eigenvalue weighted by atomic mass is 10.0. The molecule has 3 aromatic heterocycles. The van der Waals surface area contributed by atoms with E-state index in [0.29, 0.717) is 32.5 Å². The number of nitrogens with one attached hydrogen (secondary N) is 2. The van der Waals surface area contributed by atoms with Crippen molar-refractivity contribution >= 4 is 47.2 Å². The number of benzene rings is 1. The molecule has 2 aliphatic rings. The molecule has 286 valence electrons. The number of piperidine rings is 1. The summed E-state index contributed by atoms with van der Waals surface area (Å²) in [7, 11) is 1.34. The Hall–Kier alpha value is -5.93. The largest absolute Gasteiger partial charge is 0.483 e. The molecule has 0 radical (unpaired) electrons. The highest BCUT2D eigenvalue weighted by molar-refractivity contribution is 6.34. The van der Waals surface area contributed by atoms with Crippen LogP contribution in [0.3, 0.4) is 0 Å². The number of halogens is 4. The summed E-state index contributed by atoms with van der Waals surface area (Å²) in [6.07, 6.45) is -1.52. The molecule has 1 unspecified atom stereocenters. The number of amides is 3. The Bertz CT molecular complexity index is 2050. The number of aliphatic hydroxyl groups is 1. The van der Waals surface area contributed by atoms with Gasteiger partial charge >= 0.3 is 6.18 Å². The van der Waals surface area contributed by atoms with Gasteiger partial charge in [-0.2, -0.15) is 18.3 Å². The molecular formula is C32H32ClF3N10O8. The Labute approximate surface area is 308 Å². The summed E-state index contributed by atoms with van der Waals surface area (Å²) in [5.74, 6) is -1.62. The molecule has 0 spiro atoms. The molecule has 2 fully saturated rings. The molecule has 3 amide bonds.